The van der Waals surface area contributed by atoms with Gasteiger partial charge < -0.3 is 14.4 Å². The number of piperidine rings is 1. The summed E-state index contributed by atoms with van der Waals surface area (Å²) in [6.45, 7) is 7.02. The van der Waals surface area contributed by atoms with E-state index in [-0.39, 0.29) is 5.82 Å². The molecule has 0 atom stereocenters. The van der Waals surface area contributed by atoms with Gasteiger partial charge in [0.2, 0.25) is 0 Å². The SMILES string of the molecule is Cc1nc(N2CCC3(CC2)OCCO3)c2c(-c3ccc(F)cc3)c(C)sc2n1. The zero-order chi connectivity index (χ0) is 19.3. The van der Waals surface area contributed by atoms with Crippen LogP contribution in [-0.2, 0) is 9.47 Å². The molecule has 2 aliphatic rings. The average molecular weight is 399 g/mol. The van der Waals surface area contributed by atoms with Crippen molar-refractivity contribution in [2.45, 2.75) is 32.5 Å². The number of benzene rings is 1. The average Bonchev–Trinajstić information content (AvgIpc) is 3.26. The lowest BCUT2D eigenvalue weighted by atomic mass is 10.0. The lowest BCUT2D eigenvalue weighted by molar-refractivity contribution is -0.169. The molecule has 28 heavy (non-hydrogen) atoms. The van der Waals surface area contributed by atoms with Crippen LogP contribution in [0.15, 0.2) is 24.3 Å². The van der Waals surface area contributed by atoms with E-state index in [0.29, 0.717) is 13.2 Å². The van der Waals surface area contributed by atoms with Crippen molar-refractivity contribution < 1.29 is 13.9 Å². The predicted molar refractivity (Wildman–Crippen MR) is 108 cm³/mol. The first-order valence-corrected chi connectivity index (χ1v) is 10.4. The zero-order valence-corrected chi connectivity index (χ0v) is 16.8. The number of thiophene rings is 1. The molecule has 5 nitrogen and oxygen atoms in total. The molecule has 0 saturated carbocycles. The maximum absolute atomic E-state index is 13.5. The van der Waals surface area contributed by atoms with Crippen LogP contribution in [0, 0.1) is 19.7 Å². The smallest absolute Gasteiger partial charge is 0.171 e. The summed E-state index contributed by atoms with van der Waals surface area (Å²) in [7, 11) is 0. The predicted octanol–water partition coefficient (Wildman–Crippen LogP) is 4.46. The van der Waals surface area contributed by atoms with Crippen molar-refractivity contribution in [2.75, 3.05) is 31.2 Å². The first-order chi connectivity index (χ1) is 13.5. The highest BCUT2D eigenvalue weighted by atomic mass is 32.1. The van der Waals surface area contributed by atoms with E-state index in [2.05, 4.69) is 16.8 Å². The van der Waals surface area contributed by atoms with E-state index in [9.17, 15) is 4.39 Å². The van der Waals surface area contributed by atoms with Gasteiger partial charge in [-0.2, -0.15) is 0 Å². The molecular formula is C21H22FN3O2S. The maximum Gasteiger partial charge on any atom is 0.171 e. The van der Waals surface area contributed by atoms with Crippen molar-refractivity contribution in [1.82, 2.24) is 9.97 Å². The fraction of sp³-hybridized carbons (Fsp3) is 0.429. The van der Waals surface area contributed by atoms with E-state index < -0.39 is 5.79 Å². The first-order valence-electron chi connectivity index (χ1n) is 9.61. The largest absolute Gasteiger partial charge is 0.356 e. The van der Waals surface area contributed by atoms with E-state index >= 15 is 0 Å². The topological polar surface area (TPSA) is 47.5 Å². The second-order valence-corrected chi connectivity index (χ2v) is 8.61. The summed E-state index contributed by atoms with van der Waals surface area (Å²) < 4.78 is 25.2. The van der Waals surface area contributed by atoms with Crippen molar-refractivity contribution >= 4 is 27.4 Å². The molecule has 3 aromatic rings. The molecule has 0 radical (unpaired) electrons. The van der Waals surface area contributed by atoms with Crippen LogP contribution in [-0.4, -0.2) is 42.1 Å². The van der Waals surface area contributed by atoms with Gasteiger partial charge in [-0.25, -0.2) is 14.4 Å². The summed E-state index contributed by atoms with van der Waals surface area (Å²) in [6.07, 6.45) is 1.65. The molecule has 0 unspecified atom stereocenters. The molecule has 1 spiro atoms. The Labute approximate surface area is 167 Å². The Morgan fingerprint density at radius 1 is 1.04 bits per heavy atom. The third kappa shape index (κ3) is 2.98. The van der Waals surface area contributed by atoms with Crippen LogP contribution in [0.3, 0.4) is 0 Å². The highest BCUT2D eigenvalue weighted by Gasteiger charge is 2.40. The van der Waals surface area contributed by atoms with E-state index in [1.165, 1.54) is 17.0 Å². The molecule has 0 aliphatic carbocycles. The molecule has 2 aliphatic heterocycles. The number of fused-ring (bicyclic) bond motifs is 1. The van der Waals surface area contributed by atoms with Gasteiger partial charge in [-0.3, -0.25) is 0 Å². The summed E-state index contributed by atoms with van der Waals surface area (Å²) in [5.41, 5.74) is 2.10. The van der Waals surface area contributed by atoms with Gasteiger partial charge in [0.25, 0.3) is 0 Å². The van der Waals surface area contributed by atoms with E-state index in [0.717, 1.165) is 58.9 Å². The summed E-state index contributed by atoms with van der Waals surface area (Å²) in [5.74, 6) is 1.08. The summed E-state index contributed by atoms with van der Waals surface area (Å²) in [6, 6.07) is 6.68. The fourth-order valence-corrected chi connectivity index (χ4v) is 5.32. The van der Waals surface area contributed by atoms with Crippen LogP contribution in [0.1, 0.15) is 23.5 Å². The van der Waals surface area contributed by atoms with Crippen molar-refractivity contribution in [2.24, 2.45) is 0 Å². The molecule has 0 amide bonds. The second-order valence-electron chi connectivity index (χ2n) is 7.41. The molecule has 2 aromatic heterocycles. The minimum absolute atomic E-state index is 0.230. The van der Waals surface area contributed by atoms with E-state index in [4.69, 9.17) is 14.5 Å². The number of ether oxygens (including phenoxy) is 2. The van der Waals surface area contributed by atoms with Gasteiger partial charge in [-0.1, -0.05) is 12.1 Å². The zero-order valence-electron chi connectivity index (χ0n) is 16.0. The highest BCUT2D eigenvalue weighted by molar-refractivity contribution is 7.19. The number of nitrogens with zero attached hydrogens (tertiary/aromatic N) is 3. The van der Waals surface area contributed by atoms with Crippen molar-refractivity contribution in [1.29, 1.82) is 0 Å². The van der Waals surface area contributed by atoms with Crippen LogP contribution < -0.4 is 4.90 Å². The van der Waals surface area contributed by atoms with Crippen LogP contribution in [0.2, 0.25) is 0 Å². The standard InChI is InChI=1S/C21H22FN3O2S/c1-13-17(15-3-5-16(22)6-4-15)18-19(23-14(2)24-20(18)28-13)25-9-7-21(8-10-25)26-11-12-27-21/h3-6H,7-12H2,1-2H3. The van der Waals surface area contributed by atoms with Crippen LogP contribution >= 0.6 is 11.3 Å². The first kappa shape index (κ1) is 18.0. The van der Waals surface area contributed by atoms with E-state index in [1.54, 1.807) is 11.3 Å². The monoisotopic (exact) mass is 399 g/mol. The van der Waals surface area contributed by atoms with Gasteiger partial charge in [0.1, 0.15) is 22.3 Å². The van der Waals surface area contributed by atoms with Crippen LogP contribution in [0.5, 0.6) is 0 Å². The van der Waals surface area contributed by atoms with Gasteiger partial charge in [0.15, 0.2) is 5.79 Å². The minimum Gasteiger partial charge on any atom is -0.356 e. The van der Waals surface area contributed by atoms with Crippen LogP contribution in [0.4, 0.5) is 10.2 Å². The normalized spacial score (nSPS) is 19.0. The summed E-state index contributed by atoms with van der Waals surface area (Å²) in [5, 5.41) is 1.06. The van der Waals surface area contributed by atoms with Crippen molar-refractivity contribution in [3.63, 3.8) is 0 Å². The van der Waals surface area contributed by atoms with Crippen molar-refractivity contribution in [3.8, 4) is 11.1 Å². The fourth-order valence-electron chi connectivity index (χ4n) is 4.24. The number of halogens is 1. The minimum atomic E-state index is -0.415. The van der Waals surface area contributed by atoms with Gasteiger partial charge in [-0.15, -0.1) is 11.3 Å². The van der Waals surface area contributed by atoms with Crippen LogP contribution in [0.25, 0.3) is 21.3 Å². The maximum atomic E-state index is 13.5. The number of aromatic nitrogens is 2. The Hall–Kier alpha value is -2.09. The number of rotatable bonds is 2. The molecule has 0 bridgehead atoms. The molecule has 4 heterocycles. The Balaban J connectivity index is 1.59. The van der Waals surface area contributed by atoms with E-state index in [1.807, 2.05) is 19.1 Å². The highest BCUT2D eigenvalue weighted by Crippen LogP contribution is 2.43. The Bertz CT molecular complexity index is 1020. The lowest BCUT2D eigenvalue weighted by Gasteiger charge is -2.38. The van der Waals surface area contributed by atoms with Gasteiger partial charge in [-0.05, 0) is 31.5 Å². The Kier molecular flexibility index (Phi) is 4.34. The number of hydrogen-bond acceptors (Lipinski definition) is 6. The molecule has 7 heteroatoms. The van der Waals surface area contributed by atoms with Gasteiger partial charge in [0, 0.05) is 36.4 Å². The Morgan fingerprint density at radius 2 is 1.71 bits per heavy atom. The molecule has 2 saturated heterocycles. The molecule has 0 N–H and O–H groups in total. The molecule has 2 fully saturated rings. The molecule has 5 rings (SSSR count). The van der Waals surface area contributed by atoms with Gasteiger partial charge >= 0.3 is 0 Å². The third-order valence-corrected chi connectivity index (χ3v) is 6.59. The quantitative estimate of drug-likeness (QED) is 0.637. The lowest BCUT2D eigenvalue weighted by Crippen LogP contribution is -2.45. The second kappa shape index (κ2) is 6.76. The summed E-state index contributed by atoms with van der Waals surface area (Å²) in [4.78, 5) is 14.0. The number of aryl methyl sites for hydroxylation is 2. The number of hydrogen-bond donors (Lipinski definition) is 0. The molecule has 1 aromatic carbocycles. The van der Waals surface area contributed by atoms with Gasteiger partial charge in [0.05, 0.1) is 18.6 Å². The molecular weight excluding hydrogens is 377 g/mol. The Morgan fingerprint density at radius 3 is 2.39 bits per heavy atom. The number of anilines is 1. The third-order valence-electron chi connectivity index (χ3n) is 5.59. The summed E-state index contributed by atoms with van der Waals surface area (Å²) >= 11 is 1.67. The molecule has 146 valence electrons. The van der Waals surface area contributed by atoms with Crippen molar-refractivity contribution in [3.05, 3.63) is 40.8 Å².